The normalized spacial score (nSPS) is 11.2. The summed E-state index contributed by atoms with van der Waals surface area (Å²) in [6.45, 7) is 6.09. The molecular formula is C13H16NO2+. The van der Waals surface area contributed by atoms with Crippen molar-refractivity contribution in [3.05, 3.63) is 30.0 Å². The SMILES string of the molecule is Cc1cccc2c(O)c(O)c[n+](C(C)C)c12. The Bertz CT molecular complexity index is 547. The highest BCUT2D eigenvalue weighted by molar-refractivity contribution is 5.86. The first-order valence-corrected chi connectivity index (χ1v) is 5.37. The molecule has 2 N–H and O–H groups in total. The Hall–Kier alpha value is -1.77. The van der Waals surface area contributed by atoms with Crippen LogP contribution in [0.2, 0.25) is 0 Å². The van der Waals surface area contributed by atoms with E-state index in [0.29, 0.717) is 5.39 Å². The van der Waals surface area contributed by atoms with Gasteiger partial charge < -0.3 is 10.2 Å². The van der Waals surface area contributed by atoms with Gasteiger partial charge in [0.2, 0.25) is 17.5 Å². The van der Waals surface area contributed by atoms with Crippen molar-refractivity contribution in [3.63, 3.8) is 0 Å². The van der Waals surface area contributed by atoms with E-state index in [0.717, 1.165) is 11.1 Å². The standard InChI is InChI=1S/C13H15NO2/c1-8(2)14-7-11(15)13(16)10-6-4-5-9(3)12(10)14/h4-8,15H,1-3H3/p+1. The summed E-state index contributed by atoms with van der Waals surface area (Å²) in [5.74, 6) is -0.123. The van der Waals surface area contributed by atoms with Crippen molar-refractivity contribution in [2.24, 2.45) is 0 Å². The Kier molecular flexibility index (Phi) is 2.46. The lowest BCUT2D eigenvalue weighted by Gasteiger charge is -2.09. The van der Waals surface area contributed by atoms with Gasteiger partial charge in [-0.3, -0.25) is 0 Å². The number of aryl methyl sites for hydroxylation is 1. The van der Waals surface area contributed by atoms with Crippen LogP contribution in [0, 0.1) is 6.92 Å². The summed E-state index contributed by atoms with van der Waals surface area (Å²) in [5, 5.41) is 20.2. The van der Waals surface area contributed by atoms with Crippen LogP contribution >= 0.6 is 0 Å². The molecule has 0 saturated heterocycles. The average Bonchev–Trinajstić information content (AvgIpc) is 2.23. The van der Waals surface area contributed by atoms with E-state index in [1.165, 1.54) is 0 Å². The smallest absolute Gasteiger partial charge is 0.223 e. The molecule has 1 aromatic heterocycles. The number of nitrogens with zero attached hydrogens (tertiary/aromatic N) is 1. The Balaban J connectivity index is 2.96. The van der Waals surface area contributed by atoms with Gasteiger partial charge in [-0.1, -0.05) is 12.1 Å². The number of rotatable bonds is 1. The van der Waals surface area contributed by atoms with Gasteiger partial charge in [0.25, 0.3) is 0 Å². The fraction of sp³-hybridized carbons (Fsp3) is 0.308. The van der Waals surface area contributed by atoms with Crippen LogP contribution < -0.4 is 4.57 Å². The van der Waals surface area contributed by atoms with Crippen molar-refractivity contribution in [1.29, 1.82) is 0 Å². The maximum Gasteiger partial charge on any atom is 0.223 e. The number of fused-ring (bicyclic) bond motifs is 1. The topological polar surface area (TPSA) is 44.3 Å². The van der Waals surface area contributed by atoms with Crippen LogP contribution in [0.5, 0.6) is 11.5 Å². The molecule has 0 radical (unpaired) electrons. The van der Waals surface area contributed by atoms with Gasteiger partial charge in [-0.15, -0.1) is 0 Å². The van der Waals surface area contributed by atoms with E-state index in [-0.39, 0.29) is 17.5 Å². The molecule has 2 rings (SSSR count). The predicted molar refractivity (Wildman–Crippen MR) is 62.6 cm³/mol. The molecule has 0 fully saturated rings. The Morgan fingerprint density at radius 2 is 1.88 bits per heavy atom. The summed E-state index contributed by atoms with van der Waals surface area (Å²) >= 11 is 0. The highest BCUT2D eigenvalue weighted by Crippen LogP contribution is 2.32. The van der Waals surface area contributed by atoms with E-state index < -0.39 is 0 Å². The third kappa shape index (κ3) is 1.48. The van der Waals surface area contributed by atoms with Crippen LogP contribution in [0.25, 0.3) is 10.9 Å². The molecule has 0 amide bonds. The number of benzene rings is 1. The number of hydrogen-bond acceptors (Lipinski definition) is 2. The van der Waals surface area contributed by atoms with Crippen molar-refractivity contribution in [2.45, 2.75) is 26.8 Å². The molecule has 0 aliphatic rings. The van der Waals surface area contributed by atoms with Gasteiger partial charge >= 0.3 is 0 Å². The Morgan fingerprint density at radius 3 is 2.50 bits per heavy atom. The largest absolute Gasteiger partial charge is 0.504 e. The van der Waals surface area contributed by atoms with E-state index in [4.69, 9.17) is 0 Å². The highest BCUT2D eigenvalue weighted by atomic mass is 16.3. The minimum absolute atomic E-state index is 0.0457. The minimum atomic E-state index is -0.0770. The number of pyridine rings is 1. The first-order chi connectivity index (χ1) is 7.52. The summed E-state index contributed by atoms with van der Waals surface area (Å²) in [4.78, 5) is 0. The van der Waals surface area contributed by atoms with E-state index in [1.54, 1.807) is 6.20 Å². The van der Waals surface area contributed by atoms with Crippen LogP contribution in [0.4, 0.5) is 0 Å². The maximum absolute atomic E-state index is 9.83. The predicted octanol–water partition coefficient (Wildman–Crippen LogP) is 2.43. The van der Waals surface area contributed by atoms with Crippen molar-refractivity contribution in [3.8, 4) is 11.5 Å². The second kappa shape index (κ2) is 3.67. The number of aromatic nitrogens is 1. The quantitative estimate of drug-likeness (QED) is 0.722. The van der Waals surface area contributed by atoms with Gasteiger partial charge in [0.05, 0.1) is 5.39 Å². The van der Waals surface area contributed by atoms with Gasteiger partial charge in [0, 0.05) is 5.56 Å². The van der Waals surface area contributed by atoms with Gasteiger partial charge in [-0.25, -0.2) is 0 Å². The number of hydrogen-bond donors (Lipinski definition) is 2. The number of para-hydroxylation sites is 1. The summed E-state index contributed by atoms with van der Waals surface area (Å²) in [6, 6.07) is 5.92. The Morgan fingerprint density at radius 1 is 1.19 bits per heavy atom. The molecule has 0 spiro atoms. The first-order valence-electron chi connectivity index (χ1n) is 5.37. The molecule has 84 valence electrons. The van der Waals surface area contributed by atoms with Crippen LogP contribution in [0.15, 0.2) is 24.4 Å². The molecule has 3 heteroatoms. The van der Waals surface area contributed by atoms with Crippen LogP contribution in [-0.2, 0) is 0 Å². The van der Waals surface area contributed by atoms with Crippen molar-refractivity contribution >= 4 is 10.9 Å². The zero-order valence-corrected chi connectivity index (χ0v) is 9.73. The Labute approximate surface area is 94.6 Å². The van der Waals surface area contributed by atoms with Crippen LogP contribution in [0.1, 0.15) is 25.5 Å². The summed E-state index contributed by atoms with van der Waals surface area (Å²) in [5.41, 5.74) is 2.05. The zero-order chi connectivity index (χ0) is 11.9. The molecule has 0 atom stereocenters. The summed E-state index contributed by atoms with van der Waals surface area (Å²) in [6.07, 6.45) is 1.58. The van der Waals surface area contributed by atoms with Crippen molar-refractivity contribution in [2.75, 3.05) is 0 Å². The molecule has 1 aromatic carbocycles. The van der Waals surface area contributed by atoms with Crippen molar-refractivity contribution < 1.29 is 14.8 Å². The van der Waals surface area contributed by atoms with E-state index >= 15 is 0 Å². The van der Waals surface area contributed by atoms with Gasteiger partial charge in [0.1, 0.15) is 0 Å². The van der Waals surface area contributed by atoms with Gasteiger partial charge in [-0.2, -0.15) is 4.57 Å². The fourth-order valence-corrected chi connectivity index (χ4v) is 2.00. The molecule has 16 heavy (non-hydrogen) atoms. The third-order valence-corrected chi connectivity index (χ3v) is 2.81. The first kappa shape index (κ1) is 10.7. The van der Waals surface area contributed by atoms with Crippen LogP contribution in [-0.4, -0.2) is 10.2 Å². The average molecular weight is 218 g/mol. The molecule has 0 aliphatic carbocycles. The molecule has 1 heterocycles. The summed E-state index contributed by atoms with van der Waals surface area (Å²) < 4.78 is 1.97. The number of aromatic hydroxyl groups is 2. The minimum Gasteiger partial charge on any atom is -0.504 e. The lowest BCUT2D eigenvalue weighted by molar-refractivity contribution is -0.691. The van der Waals surface area contributed by atoms with E-state index in [9.17, 15) is 10.2 Å². The molecule has 0 unspecified atom stereocenters. The monoisotopic (exact) mass is 218 g/mol. The summed E-state index contributed by atoms with van der Waals surface area (Å²) in [7, 11) is 0. The molecule has 3 nitrogen and oxygen atoms in total. The zero-order valence-electron chi connectivity index (χ0n) is 9.73. The molecule has 0 aliphatic heterocycles. The molecule has 0 saturated carbocycles. The van der Waals surface area contributed by atoms with Crippen LogP contribution in [0.3, 0.4) is 0 Å². The lowest BCUT2D eigenvalue weighted by Crippen LogP contribution is -2.37. The van der Waals surface area contributed by atoms with Gasteiger partial charge in [0.15, 0.2) is 11.8 Å². The van der Waals surface area contributed by atoms with Gasteiger partial charge in [-0.05, 0) is 26.8 Å². The lowest BCUT2D eigenvalue weighted by atomic mass is 10.1. The molecule has 0 bridgehead atoms. The van der Waals surface area contributed by atoms with Crippen molar-refractivity contribution in [1.82, 2.24) is 0 Å². The highest BCUT2D eigenvalue weighted by Gasteiger charge is 2.20. The third-order valence-electron chi connectivity index (χ3n) is 2.81. The van der Waals surface area contributed by atoms with E-state index in [1.807, 2.05) is 43.5 Å². The second-order valence-electron chi connectivity index (χ2n) is 4.34. The van der Waals surface area contributed by atoms with E-state index in [2.05, 4.69) is 0 Å². The second-order valence-corrected chi connectivity index (χ2v) is 4.34. The fourth-order valence-electron chi connectivity index (χ4n) is 2.00. The molecular weight excluding hydrogens is 202 g/mol. The molecule has 2 aromatic rings. The maximum atomic E-state index is 9.83.